The molecule has 1 aliphatic carbocycles. The average Bonchev–Trinajstić information content (AvgIpc) is 2.82. The second-order valence-corrected chi connectivity index (χ2v) is 7.52. The van der Waals surface area contributed by atoms with Gasteiger partial charge in [-0.15, -0.1) is 11.3 Å². The molecule has 7 heteroatoms. The fraction of sp³-hybridized carbons (Fsp3) is 0.562. The normalized spacial score (nSPS) is 13.4. The highest BCUT2D eigenvalue weighted by molar-refractivity contribution is 7.80. The number of amides is 1. The van der Waals surface area contributed by atoms with Crippen molar-refractivity contribution in [3.05, 3.63) is 16.0 Å². The van der Waals surface area contributed by atoms with Crippen LogP contribution in [0.5, 0.6) is 0 Å². The number of anilines is 1. The highest BCUT2D eigenvalue weighted by atomic mass is 32.1. The van der Waals surface area contributed by atoms with E-state index in [0.29, 0.717) is 17.0 Å². The number of fused-ring (bicyclic) bond motifs is 1. The molecular weight excluding hydrogens is 332 g/mol. The van der Waals surface area contributed by atoms with Gasteiger partial charge in [0.25, 0.3) is 0 Å². The van der Waals surface area contributed by atoms with Gasteiger partial charge in [-0.25, -0.2) is 4.79 Å². The standard InChI is InChI=1S/C16H22N2O3S2/c1-9(2)8-12(19)17-16(22)18-14-13(15(20)21-3)10-6-4-5-7-11(10)23-14/h9H,4-8H2,1-3H3,(H2,17,18,19,22). The van der Waals surface area contributed by atoms with Gasteiger partial charge in [0.15, 0.2) is 5.11 Å². The van der Waals surface area contributed by atoms with Crippen LogP contribution < -0.4 is 10.6 Å². The van der Waals surface area contributed by atoms with Gasteiger partial charge in [-0.1, -0.05) is 13.8 Å². The number of rotatable bonds is 4. The SMILES string of the molecule is COC(=O)c1c(NC(=S)NC(=O)CC(C)C)sc2c1CCCC2. The molecule has 0 aliphatic heterocycles. The van der Waals surface area contributed by atoms with Gasteiger partial charge in [0.1, 0.15) is 5.00 Å². The highest BCUT2D eigenvalue weighted by Gasteiger charge is 2.26. The van der Waals surface area contributed by atoms with Crippen molar-refractivity contribution in [2.75, 3.05) is 12.4 Å². The summed E-state index contributed by atoms with van der Waals surface area (Å²) in [4.78, 5) is 25.1. The molecule has 1 aromatic rings. The molecule has 1 amide bonds. The molecule has 1 heterocycles. The first kappa shape index (κ1) is 17.9. The third kappa shape index (κ3) is 4.51. The monoisotopic (exact) mass is 354 g/mol. The fourth-order valence-electron chi connectivity index (χ4n) is 2.65. The van der Waals surface area contributed by atoms with E-state index in [-0.39, 0.29) is 22.9 Å². The first-order valence-electron chi connectivity index (χ1n) is 7.76. The van der Waals surface area contributed by atoms with Crippen molar-refractivity contribution in [2.45, 2.75) is 46.0 Å². The Morgan fingerprint density at radius 2 is 2.00 bits per heavy atom. The quantitative estimate of drug-likeness (QED) is 0.642. The van der Waals surface area contributed by atoms with Gasteiger partial charge in [0, 0.05) is 11.3 Å². The third-order valence-corrected chi connectivity index (χ3v) is 5.05. The number of aryl methyl sites for hydroxylation is 1. The Hall–Kier alpha value is -1.47. The van der Waals surface area contributed by atoms with Crippen LogP contribution in [0.2, 0.25) is 0 Å². The van der Waals surface area contributed by atoms with Crippen LogP contribution in [-0.4, -0.2) is 24.1 Å². The Kier molecular flexibility index (Phi) is 6.12. The van der Waals surface area contributed by atoms with Crippen molar-refractivity contribution in [1.29, 1.82) is 0 Å². The van der Waals surface area contributed by atoms with E-state index in [2.05, 4.69) is 10.6 Å². The minimum absolute atomic E-state index is 0.126. The first-order chi connectivity index (χ1) is 10.9. The van der Waals surface area contributed by atoms with E-state index in [0.717, 1.165) is 31.2 Å². The van der Waals surface area contributed by atoms with Gasteiger partial charge in [-0.05, 0) is 49.4 Å². The van der Waals surface area contributed by atoms with Gasteiger partial charge in [-0.3, -0.25) is 4.79 Å². The minimum Gasteiger partial charge on any atom is -0.465 e. The summed E-state index contributed by atoms with van der Waals surface area (Å²) >= 11 is 6.72. The molecule has 0 radical (unpaired) electrons. The van der Waals surface area contributed by atoms with Crippen molar-refractivity contribution >= 4 is 45.5 Å². The van der Waals surface area contributed by atoms with E-state index in [1.807, 2.05) is 13.8 Å². The second-order valence-electron chi connectivity index (χ2n) is 6.01. The maximum Gasteiger partial charge on any atom is 0.341 e. The van der Waals surface area contributed by atoms with E-state index in [1.165, 1.54) is 23.3 Å². The summed E-state index contributed by atoms with van der Waals surface area (Å²) in [5.74, 6) is -0.223. The lowest BCUT2D eigenvalue weighted by molar-refractivity contribution is -0.120. The van der Waals surface area contributed by atoms with Gasteiger partial charge in [0.2, 0.25) is 5.91 Å². The predicted molar refractivity (Wildman–Crippen MR) is 96.1 cm³/mol. The van der Waals surface area contributed by atoms with Crippen LogP contribution >= 0.6 is 23.6 Å². The third-order valence-electron chi connectivity index (χ3n) is 3.63. The smallest absolute Gasteiger partial charge is 0.341 e. The van der Waals surface area contributed by atoms with Crippen LogP contribution in [0.3, 0.4) is 0 Å². The van der Waals surface area contributed by atoms with Crippen LogP contribution in [0.1, 0.15) is 53.9 Å². The zero-order valence-corrected chi connectivity index (χ0v) is 15.3. The van der Waals surface area contributed by atoms with Crippen molar-refractivity contribution in [3.8, 4) is 0 Å². The topological polar surface area (TPSA) is 67.4 Å². The highest BCUT2D eigenvalue weighted by Crippen LogP contribution is 2.38. The molecule has 5 nitrogen and oxygen atoms in total. The molecule has 0 atom stereocenters. The lowest BCUT2D eigenvalue weighted by Gasteiger charge is -2.12. The molecule has 2 rings (SSSR count). The number of hydrogen-bond acceptors (Lipinski definition) is 5. The van der Waals surface area contributed by atoms with Crippen molar-refractivity contribution in [3.63, 3.8) is 0 Å². The van der Waals surface area contributed by atoms with Crippen LogP contribution in [0.4, 0.5) is 5.00 Å². The first-order valence-corrected chi connectivity index (χ1v) is 8.98. The van der Waals surface area contributed by atoms with Crippen LogP contribution in [0.15, 0.2) is 0 Å². The zero-order chi connectivity index (χ0) is 17.0. The number of esters is 1. The molecule has 23 heavy (non-hydrogen) atoms. The lowest BCUT2D eigenvalue weighted by atomic mass is 9.95. The van der Waals surface area contributed by atoms with Crippen LogP contribution in [0, 0.1) is 5.92 Å². The largest absolute Gasteiger partial charge is 0.465 e. The van der Waals surface area contributed by atoms with Gasteiger partial charge in [0.05, 0.1) is 12.7 Å². The summed E-state index contributed by atoms with van der Waals surface area (Å²) in [6, 6.07) is 0. The summed E-state index contributed by atoms with van der Waals surface area (Å²) in [5, 5.41) is 6.55. The Labute approximate surface area is 145 Å². The Morgan fingerprint density at radius 3 is 2.65 bits per heavy atom. The molecule has 0 aromatic carbocycles. The van der Waals surface area contributed by atoms with Crippen molar-refractivity contribution in [1.82, 2.24) is 5.32 Å². The van der Waals surface area contributed by atoms with Crippen LogP contribution in [0.25, 0.3) is 0 Å². The molecular formula is C16H22N2O3S2. The van der Waals surface area contributed by atoms with E-state index in [1.54, 1.807) is 0 Å². The van der Waals surface area contributed by atoms with Gasteiger partial charge < -0.3 is 15.4 Å². The van der Waals surface area contributed by atoms with Crippen LogP contribution in [-0.2, 0) is 22.4 Å². The Morgan fingerprint density at radius 1 is 1.30 bits per heavy atom. The minimum atomic E-state index is -0.358. The second kappa shape index (κ2) is 7.88. The van der Waals surface area contributed by atoms with Crippen molar-refractivity contribution in [2.24, 2.45) is 5.92 Å². The number of ether oxygens (including phenoxy) is 1. The van der Waals surface area contributed by atoms with E-state index in [4.69, 9.17) is 17.0 Å². The molecule has 0 unspecified atom stereocenters. The number of nitrogens with one attached hydrogen (secondary N) is 2. The molecule has 0 saturated carbocycles. The van der Waals surface area contributed by atoms with E-state index in [9.17, 15) is 9.59 Å². The number of carbonyl (C=O) groups excluding carboxylic acids is 2. The molecule has 0 bridgehead atoms. The summed E-state index contributed by atoms with van der Waals surface area (Å²) in [5.41, 5.74) is 1.62. The Balaban J connectivity index is 2.16. The lowest BCUT2D eigenvalue weighted by Crippen LogP contribution is -2.34. The zero-order valence-electron chi connectivity index (χ0n) is 13.7. The molecule has 1 aromatic heterocycles. The maximum absolute atomic E-state index is 12.1. The Bertz CT molecular complexity index is 623. The molecule has 126 valence electrons. The number of thiocarbonyl (C=S) groups is 1. The van der Waals surface area contributed by atoms with Crippen molar-refractivity contribution < 1.29 is 14.3 Å². The number of methoxy groups -OCH3 is 1. The summed E-state index contributed by atoms with van der Waals surface area (Å²) in [7, 11) is 1.38. The fourth-order valence-corrected chi connectivity index (χ4v) is 4.22. The van der Waals surface area contributed by atoms with Gasteiger partial charge in [-0.2, -0.15) is 0 Å². The average molecular weight is 354 g/mol. The molecule has 2 N–H and O–H groups in total. The molecule has 0 saturated heterocycles. The molecule has 1 aliphatic rings. The van der Waals surface area contributed by atoms with Gasteiger partial charge >= 0.3 is 5.97 Å². The van der Waals surface area contributed by atoms with E-state index >= 15 is 0 Å². The number of thiophene rings is 1. The molecule has 0 spiro atoms. The number of hydrogen-bond donors (Lipinski definition) is 2. The predicted octanol–water partition coefficient (Wildman–Crippen LogP) is 3.27. The maximum atomic E-state index is 12.1. The summed E-state index contributed by atoms with van der Waals surface area (Å²) in [6.07, 6.45) is 4.46. The number of carbonyl (C=O) groups is 2. The van der Waals surface area contributed by atoms with E-state index < -0.39 is 0 Å². The summed E-state index contributed by atoms with van der Waals surface area (Å²) < 4.78 is 4.91. The summed E-state index contributed by atoms with van der Waals surface area (Å²) in [6.45, 7) is 3.94. The molecule has 0 fully saturated rings.